The summed E-state index contributed by atoms with van der Waals surface area (Å²) in [6.45, 7) is 7.93. The molecule has 0 aromatic heterocycles. The average molecular weight is 205 g/mol. The first-order valence-corrected chi connectivity index (χ1v) is 5.42. The van der Waals surface area contributed by atoms with E-state index in [4.69, 9.17) is 0 Å². The standard InChI is InChI=1S/C13H19NO/c1-10(2)13(15)14(11(3)4)12-8-6-5-7-9-12/h5-11H,1-4H3. The summed E-state index contributed by atoms with van der Waals surface area (Å²) in [7, 11) is 0. The highest BCUT2D eigenvalue weighted by molar-refractivity contribution is 5.95. The quantitative estimate of drug-likeness (QED) is 0.742. The van der Waals surface area contributed by atoms with E-state index < -0.39 is 0 Å². The third kappa shape index (κ3) is 2.82. The molecule has 0 atom stereocenters. The highest BCUT2D eigenvalue weighted by Crippen LogP contribution is 2.18. The van der Waals surface area contributed by atoms with Crippen molar-refractivity contribution in [2.75, 3.05) is 4.90 Å². The van der Waals surface area contributed by atoms with Crippen LogP contribution >= 0.6 is 0 Å². The number of hydrogen-bond acceptors (Lipinski definition) is 1. The van der Waals surface area contributed by atoms with Gasteiger partial charge in [-0.15, -0.1) is 0 Å². The monoisotopic (exact) mass is 205 g/mol. The summed E-state index contributed by atoms with van der Waals surface area (Å²) in [6.07, 6.45) is 0. The minimum atomic E-state index is 0.0348. The molecule has 0 spiro atoms. The highest BCUT2D eigenvalue weighted by atomic mass is 16.2. The minimum absolute atomic E-state index is 0.0348. The van der Waals surface area contributed by atoms with Gasteiger partial charge in [0.15, 0.2) is 0 Å². The Morgan fingerprint density at radius 3 is 2.00 bits per heavy atom. The molecule has 82 valence electrons. The lowest BCUT2D eigenvalue weighted by Gasteiger charge is -2.28. The molecule has 0 aliphatic carbocycles. The Labute approximate surface area is 91.9 Å². The molecule has 0 heterocycles. The molecule has 0 unspecified atom stereocenters. The van der Waals surface area contributed by atoms with Crippen LogP contribution in [0.2, 0.25) is 0 Å². The minimum Gasteiger partial charge on any atom is -0.310 e. The molecule has 2 heteroatoms. The molecule has 1 rings (SSSR count). The van der Waals surface area contributed by atoms with Crippen molar-refractivity contribution >= 4 is 11.6 Å². The van der Waals surface area contributed by atoms with Gasteiger partial charge in [-0.2, -0.15) is 0 Å². The summed E-state index contributed by atoms with van der Waals surface area (Å²) in [5.41, 5.74) is 0.978. The molecule has 0 bridgehead atoms. The van der Waals surface area contributed by atoms with Gasteiger partial charge in [0.25, 0.3) is 0 Å². The molecule has 2 nitrogen and oxygen atoms in total. The van der Waals surface area contributed by atoms with Crippen molar-refractivity contribution in [3.63, 3.8) is 0 Å². The van der Waals surface area contributed by atoms with Crippen molar-refractivity contribution in [3.05, 3.63) is 30.3 Å². The summed E-state index contributed by atoms with van der Waals surface area (Å²) in [5.74, 6) is 0.212. The number of rotatable bonds is 3. The first-order valence-electron chi connectivity index (χ1n) is 5.42. The van der Waals surface area contributed by atoms with Crippen molar-refractivity contribution in [2.45, 2.75) is 33.7 Å². The number of nitrogens with zero attached hydrogens (tertiary/aromatic N) is 1. The number of anilines is 1. The van der Waals surface area contributed by atoms with Crippen LogP contribution in [0.5, 0.6) is 0 Å². The maximum atomic E-state index is 12.0. The molecule has 0 aliphatic rings. The molecule has 0 saturated carbocycles. The fraction of sp³-hybridized carbons (Fsp3) is 0.462. The Kier molecular flexibility index (Phi) is 3.89. The second-order valence-electron chi connectivity index (χ2n) is 4.29. The number of para-hydroxylation sites is 1. The van der Waals surface area contributed by atoms with Gasteiger partial charge >= 0.3 is 0 Å². The van der Waals surface area contributed by atoms with Crippen LogP contribution < -0.4 is 4.90 Å². The van der Waals surface area contributed by atoms with Gasteiger partial charge in [-0.05, 0) is 26.0 Å². The second kappa shape index (κ2) is 4.96. The zero-order chi connectivity index (χ0) is 11.4. The van der Waals surface area contributed by atoms with E-state index >= 15 is 0 Å². The van der Waals surface area contributed by atoms with Crippen LogP contribution in [0, 0.1) is 5.92 Å². The average Bonchev–Trinajstić information content (AvgIpc) is 2.18. The first kappa shape index (κ1) is 11.8. The van der Waals surface area contributed by atoms with Gasteiger partial charge in [-0.1, -0.05) is 32.0 Å². The SMILES string of the molecule is CC(C)C(=O)N(c1ccccc1)C(C)C. The molecule has 0 saturated heterocycles. The van der Waals surface area contributed by atoms with Crippen LogP contribution in [-0.2, 0) is 4.79 Å². The van der Waals surface area contributed by atoms with Crippen molar-refractivity contribution < 1.29 is 4.79 Å². The van der Waals surface area contributed by atoms with Crippen LogP contribution in [0.25, 0.3) is 0 Å². The Morgan fingerprint density at radius 2 is 1.60 bits per heavy atom. The molecule has 0 radical (unpaired) electrons. The van der Waals surface area contributed by atoms with Crippen LogP contribution in [-0.4, -0.2) is 11.9 Å². The van der Waals surface area contributed by atoms with Crippen molar-refractivity contribution in [1.29, 1.82) is 0 Å². The second-order valence-corrected chi connectivity index (χ2v) is 4.29. The fourth-order valence-electron chi connectivity index (χ4n) is 1.55. The Hall–Kier alpha value is -1.31. The smallest absolute Gasteiger partial charge is 0.229 e. The fourth-order valence-corrected chi connectivity index (χ4v) is 1.55. The van der Waals surface area contributed by atoms with Crippen LogP contribution in [0.4, 0.5) is 5.69 Å². The Morgan fingerprint density at radius 1 is 1.07 bits per heavy atom. The maximum Gasteiger partial charge on any atom is 0.229 e. The van der Waals surface area contributed by atoms with E-state index in [1.165, 1.54) is 0 Å². The molecule has 0 N–H and O–H groups in total. The molecular formula is C13H19NO. The number of amides is 1. The van der Waals surface area contributed by atoms with E-state index in [9.17, 15) is 4.79 Å². The molecule has 15 heavy (non-hydrogen) atoms. The molecule has 1 amide bonds. The predicted molar refractivity (Wildman–Crippen MR) is 63.9 cm³/mol. The van der Waals surface area contributed by atoms with Gasteiger partial charge in [0.05, 0.1) is 0 Å². The lowest BCUT2D eigenvalue weighted by atomic mass is 10.1. The summed E-state index contributed by atoms with van der Waals surface area (Å²) < 4.78 is 0. The zero-order valence-corrected chi connectivity index (χ0v) is 9.90. The normalized spacial score (nSPS) is 10.8. The Bertz CT molecular complexity index is 317. The number of carbonyl (C=O) groups is 1. The molecule has 0 fully saturated rings. The third-order valence-electron chi connectivity index (χ3n) is 2.28. The van der Waals surface area contributed by atoms with Crippen molar-refractivity contribution in [3.8, 4) is 0 Å². The van der Waals surface area contributed by atoms with Crippen LogP contribution in [0.15, 0.2) is 30.3 Å². The Balaban J connectivity index is 2.99. The topological polar surface area (TPSA) is 20.3 Å². The van der Waals surface area contributed by atoms with E-state index in [0.717, 1.165) is 5.69 Å². The third-order valence-corrected chi connectivity index (χ3v) is 2.28. The van der Waals surface area contributed by atoms with E-state index in [0.29, 0.717) is 0 Å². The molecule has 1 aromatic carbocycles. The van der Waals surface area contributed by atoms with E-state index in [-0.39, 0.29) is 17.9 Å². The largest absolute Gasteiger partial charge is 0.310 e. The van der Waals surface area contributed by atoms with Gasteiger partial charge in [-0.3, -0.25) is 4.79 Å². The van der Waals surface area contributed by atoms with E-state index in [2.05, 4.69) is 0 Å². The number of benzene rings is 1. The first-order chi connectivity index (χ1) is 7.04. The summed E-state index contributed by atoms with van der Waals surface area (Å²) in [6, 6.07) is 10.0. The van der Waals surface area contributed by atoms with Crippen LogP contribution in [0.3, 0.4) is 0 Å². The van der Waals surface area contributed by atoms with Gasteiger partial charge in [-0.25, -0.2) is 0 Å². The van der Waals surface area contributed by atoms with Gasteiger partial charge in [0.2, 0.25) is 5.91 Å². The lowest BCUT2D eigenvalue weighted by molar-refractivity contribution is -0.121. The van der Waals surface area contributed by atoms with Crippen molar-refractivity contribution in [2.24, 2.45) is 5.92 Å². The number of carbonyl (C=O) groups excluding carboxylic acids is 1. The van der Waals surface area contributed by atoms with Gasteiger partial charge in [0.1, 0.15) is 0 Å². The number of hydrogen-bond donors (Lipinski definition) is 0. The van der Waals surface area contributed by atoms with E-state index in [1.54, 1.807) is 0 Å². The van der Waals surface area contributed by atoms with Gasteiger partial charge < -0.3 is 4.90 Å². The lowest BCUT2D eigenvalue weighted by Crippen LogP contribution is -2.39. The predicted octanol–water partition coefficient (Wildman–Crippen LogP) is 3.08. The summed E-state index contributed by atoms with van der Waals surface area (Å²) in [5, 5.41) is 0. The van der Waals surface area contributed by atoms with E-state index in [1.807, 2.05) is 62.9 Å². The summed E-state index contributed by atoms with van der Waals surface area (Å²) >= 11 is 0. The maximum absolute atomic E-state index is 12.0. The van der Waals surface area contributed by atoms with Crippen LogP contribution in [0.1, 0.15) is 27.7 Å². The molecule has 0 aliphatic heterocycles. The molecule has 1 aromatic rings. The van der Waals surface area contributed by atoms with Crippen molar-refractivity contribution in [1.82, 2.24) is 0 Å². The zero-order valence-electron chi connectivity index (χ0n) is 9.90. The highest BCUT2D eigenvalue weighted by Gasteiger charge is 2.20. The molecular weight excluding hydrogens is 186 g/mol. The summed E-state index contributed by atoms with van der Waals surface area (Å²) in [4.78, 5) is 13.9. The van der Waals surface area contributed by atoms with Gasteiger partial charge in [0, 0.05) is 17.6 Å².